The first-order valence-electron chi connectivity index (χ1n) is 8.65. The normalized spacial score (nSPS) is 10.6. The van der Waals surface area contributed by atoms with Gasteiger partial charge in [-0.2, -0.15) is 0 Å². The van der Waals surface area contributed by atoms with Gasteiger partial charge in [0.15, 0.2) is 11.5 Å². The minimum Gasteiger partial charge on any atom is -0.493 e. The molecule has 0 bridgehead atoms. The first-order chi connectivity index (χ1) is 13.5. The Labute approximate surface area is 173 Å². The fourth-order valence-corrected chi connectivity index (χ4v) is 4.44. The summed E-state index contributed by atoms with van der Waals surface area (Å²) in [7, 11) is 4.91. The molecule has 0 fully saturated rings. The molecular formula is C21H22N2O3S2. The first-order valence-corrected chi connectivity index (χ1v) is 10.5. The van der Waals surface area contributed by atoms with Crippen molar-refractivity contribution in [2.75, 3.05) is 26.2 Å². The Morgan fingerprint density at radius 2 is 1.82 bits per heavy atom. The predicted octanol–water partition coefficient (Wildman–Crippen LogP) is 5.04. The molecule has 1 amide bonds. The average molecular weight is 415 g/mol. The Balaban J connectivity index is 1.68. The fourth-order valence-electron chi connectivity index (χ4n) is 2.63. The zero-order valence-corrected chi connectivity index (χ0v) is 17.9. The third kappa shape index (κ3) is 4.66. The third-order valence-electron chi connectivity index (χ3n) is 4.22. The second kappa shape index (κ2) is 9.12. The van der Waals surface area contributed by atoms with E-state index in [4.69, 9.17) is 9.47 Å². The van der Waals surface area contributed by atoms with Gasteiger partial charge >= 0.3 is 0 Å². The summed E-state index contributed by atoms with van der Waals surface area (Å²) < 4.78 is 11.6. The van der Waals surface area contributed by atoms with E-state index >= 15 is 0 Å². The average Bonchev–Trinajstić information content (AvgIpc) is 3.16. The minimum absolute atomic E-state index is 0.0815. The monoisotopic (exact) mass is 414 g/mol. The van der Waals surface area contributed by atoms with Crippen LogP contribution in [0.1, 0.15) is 21.6 Å². The number of rotatable bonds is 7. The summed E-state index contributed by atoms with van der Waals surface area (Å²) in [5, 5.41) is 2.05. The van der Waals surface area contributed by atoms with Crippen molar-refractivity contribution in [3.8, 4) is 11.5 Å². The van der Waals surface area contributed by atoms with Gasteiger partial charge in [0.1, 0.15) is 4.34 Å². The molecule has 0 saturated heterocycles. The summed E-state index contributed by atoms with van der Waals surface area (Å²) in [5.74, 6) is 1.96. The molecule has 146 valence electrons. The van der Waals surface area contributed by atoms with E-state index < -0.39 is 0 Å². The zero-order chi connectivity index (χ0) is 20.1. The molecule has 2 aromatic carbocycles. The largest absolute Gasteiger partial charge is 0.493 e. The Bertz CT molecular complexity index is 955. The number of aryl methyl sites for hydroxylation is 1. The number of ether oxygens (including phenoxy) is 2. The maximum absolute atomic E-state index is 12.8. The Morgan fingerprint density at radius 3 is 2.43 bits per heavy atom. The number of thioether (sulfide) groups is 1. The zero-order valence-electron chi connectivity index (χ0n) is 16.3. The highest BCUT2D eigenvalue weighted by atomic mass is 32.2. The highest BCUT2D eigenvalue weighted by molar-refractivity contribution is 8.00. The van der Waals surface area contributed by atoms with Crippen LogP contribution in [0.25, 0.3) is 0 Å². The number of carbonyl (C=O) groups excluding carboxylic acids is 1. The van der Waals surface area contributed by atoms with Crippen LogP contribution in [0.2, 0.25) is 0 Å². The number of amides is 1. The second-order valence-electron chi connectivity index (χ2n) is 6.14. The SMILES string of the molecule is COc1ccc(N(C)C(=O)c2ccc(CSc3nc(C)cs3)cc2)cc1OC. The molecule has 0 aliphatic rings. The molecule has 0 N–H and O–H groups in total. The smallest absolute Gasteiger partial charge is 0.258 e. The molecule has 0 spiro atoms. The summed E-state index contributed by atoms with van der Waals surface area (Å²) in [6, 6.07) is 13.1. The molecule has 0 radical (unpaired) electrons. The van der Waals surface area contributed by atoms with E-state index in [0.29, 0.717) is 17.1 Å². The molecule has 1 heterocycles. The van der Waals surface area contributed by atoms with Crippen LogP contribution < -0.4 is 14.4 Å². The quantitative estimate of drug-likeness (QED) is 0.507. The number of benzene rings is 2. The number of anilines is 1. The van der Waals surface area contributed by atoms with Crippen molar-refractivity contribution in [2.45, 2.75) is 17.0 Å². The van der Waals surface area contributed by atoms with Crippen molar-refractivity contribution in [1.82, 2.24) is 4.98 Å². The third-order valence-corrected chi connectivity index (χ3v) is 6.43. The van der Waals surface area contributed by atoms with Gasteiger partial charge < -0.3 is 14.4 Å². The summed E-state index contributed by atoms with van der Waals surface area (Å²) in [5.41, 5.74) is 3.58. The van der Waals surface area contributed by atoms with Gasteiger partial charge in [0.2, 0.25) is 0 Å². The van der Waals surface area contributed by atoms with E-state index in [-0.39, 0.29) is 5.91 Å². The van der Waals surface area contributed by atoms with Crippen molar-refractivity contribution in [2.24, 2.45) is 0 Å². The highest BCUT2D eigenvalue weighted by Crippen LogP contribution is 2.31. The molecule has 0 unspecified atom stereocenters. The number of hydrogen-bond donors (Lipinski definition) is 0. The van der Waals surface area contributed by atoms with E-state index in [9.17, 15) is 4.79 Å². The van der Waals surface area contributed by atoms with Gasteiger partial charge in [-0.1, -0.05) is 23.9 Å². The van der Waals surface area contributed by atoms with E-state index in [0.717, 1.165) is 27.0 Å². The Morgan fingerprint density at radius 1 is 1.11 bits per heavy atom. The molecule has 5 nitrogen and oxygen atoms in total. The highest BCUT2D eigenvalue weighted by Gasteiger charge is 2.15. The fraction of sp³-hybridized carbons (Fsp3) is 0.238. The van der Waals surface area contributed by atoms with Crippen LogP contribution >= 0.6 is 23.1 Å². The summed E-state index contributed by atoms with van der Waals surface area (Å²) in [6.45, 7) is 2.00. The number of hydrogen-bond acceptors (Lipinski definition) is 6. The van der Waals surface area contributed by atoms with Gasteiger partial charge in [-0.05, 0) is 36.8 Å². The number of aromatic nitrogens is 1. The predicted molar refractivity (Wildman–Crippen MR) is 115 cm³/mol. The van der Waals surface area contributed by atoms with Crippen LogP contribution in [0.15, 0.2) is 52.2 Å². The van der Waals surface area contributed by atoms with Gasteiger partial charge in [0.05, 0.1) is 14.2 Å². The summed E-state index contributed by atoms with van der Waals surface area (Å²) in [4.78, 5) is 18.9. The maximum Gasteiger partial charge on any atom is 0.258 e. The number of methoxy groups -OCH3 is 2. The molecule has 0 saturated carbocycles. The van der Waals surface area contributed by atoms with Crippen molar-refractivity contribution >= 4 is 34.7 Å². The summed E-state index contributed by atoms with van der Waals surface area (Å²) >= 11 is 3.36. The van der Waals surface area contributed by atoms with Crippen LogP contribution in [0.5, 0.6) is 11.5 Å². The maximum atomic E-state index is 12.8. The van der Waals surface area contributed by atoms with Crippen LogP contribution in [0.3, 0.4) is 0 Å². The van der Waals surface area contributed by atoms with Crippen LogP contribution in [0.4, 0.5) is 5.69 Å². The molecule has 3 rings (SSSR count). The van der Waals surface area contributed by atoms with Gasteiger partial charge in [-0.15, -0.1) is 11.3 Å². The summed E-state index contributed by atoms with van der Waals surface area (Å²) in [6.07, 6.45) is 0. The lowest BCUT2D eigenvalue weighted by Gasteiger charge is -2.19. The van der Waals surface area contributed by atoms with Crippen LogP contribution in [-0.2, 0) is 5.75 Å². The molecule has 0 aliphatic heterocycles. The standard InChI is InChI=1S/C21H22N2O3S2/c1-14-12-27-21(22-14)28-13-15-5-7-16(8-6-15)20(24)23(2)17-9-10-18(25-3)19(11-17)26-4/h5-12H,13H2,1-4H3. The number of nitrogens with zero attached hydrogens (tertiary/aromatic N) is 2. The van der Waals surface area contributed by atoms with E-state index in [1.165, 1.54) is 0 Å². The van der Waals surface area contributed by atoms with Crippen LogP contribution in [-0.4, -0.2) is 32.2 Å². The number of carbonyl (C=O) groups is 1. The molecule has 28 heavy (non-hydrogen) atoms. The molecule has 7 heteroatoms. The molecule has 0 atom stereocenters. The number of thiazole rings is 1. The lowest BCUT2D eigenvalue weighted by Crippen LogP contribution is -2.26. The first kappa shape index (κ1) is 20.2. The molecule has 0 aliphatic carbocycles. The topological polar surface area (TPSA) is 51.7 Å². The molecule has 1 aromatic heterocycles. The molecular weight excluding hydrogens is 392 g/mol. The van der Waals surface area contributed by atoms with Crippen molar-refractivity contribution < 1.29 is 14.3 Å². The van der Waals surface area contributed by atoms with Gasteiger partial charge in [0, 0.05) is 41.2 Å². The van der Waals surface area contributed by atoms with Gasteiger partial charge in [0.25, 0.3) is 5.91 Å². The Hall–Kier alpha value is -2.51. The van der Waals surface area contributed by atoms with Crippen molar-refractivity contribution in [1.29, 1.82) is 0 Å². The lowest BCUT2D eigenvalue weighted by molar-refractivity contribution is 0.0993. The van der Waals surface area contributed by atoms with Crippen LogP contribution in [0, 0.1) is 6.92 Å². The van der Waals surface area contributed by atoms with Crippen molar-refractivity contribution in [3.05, 3.63) is 64.7 Å². The lowest BCUT2D eigenvalue weighted by atomic mass is 10.1. The van der Waals surface area contributed by atoms with Crippen molar-refractivity contribution in [3.63, 3.8) is 0 Å². The van der Waals surface area contributed by atoms with Gasteiger partial charge in [-0.25, -0.2) is 4.98 Å². The Kier molecular flexibility index (Phi) is 6.59. The van der Waals surface area contributed by atoms with E-state index in [1.54, 1.807) is 61.4 Å². The van der Waals surface area contributed by atoms with E-state index in [2.05, 4.69) is 4.98 Å². The van der Waals surface area contributed by atoms with E-state index in [1.807, 2.05) is 42.6 Å². The molecule has 3 aromatic rings. The second-order valence-corrected chi connectivity index (χ2v) is 8.22. The van der Waals surface area contributed by atoms with Gasteiger partial charge in [-0.3, -0.25) is 4.79 Å². The minimum atomic E-state index is -0.0815.